The molecule has 0 aromatic rings. The van der Waals surface area contributed by atoms with E-state index in [0.29, 0.717) is 12.2 Å². The second-order valence-electron chi connectivity index (χ2n) is 4.19. The highest BCUT2D eigenvalue weighted by atomic mass is 15.1. The van der Waals surface area contributed by atoms with E-state index in [4.69, 9.17) is 0 Å². The Hall–Kier alpha value is -0.0800. The predicted octanol–water partition coefficient (Wildman–Crippen LogP) is 1.86. The number of hydrogen-bond acceptors (Lipinski definition) is 2. The smallest absolute Gasteiger partial charge is 0.0546 e. The molecule has 72 valence electrons. The van der Waals surface area contributed by atoms with Crippen molar-refractivity contribution in [2.75, 3.05) is 0 Å². The van der Waals surface area contributed by atoms with Crippen molar-refractivity contribution in [3.63, 3.8) is 0 Å². The van der Waals surface area contributed by atoms with Crippen LogP contribution in [0.3, 0.4) is 0 Å². The van der Waals surface area contributed by atoms with Crippen LogP contribution in [0.2, 0.25) is 0 Å². The Morgan fingerprint density at radius 2 is 1.67 bits per heavy atom. The molecule has 1 rings (SSSR count). The van der Waals surface area contributed by atoms with Crippen molar-refractivity contribution >= 4 is 0 Å². The van der Waals surface area contributed by atoms with Crippen molar-refractivity contribution in [3.8, 4) is 0 Å². The zero-order chi connectivity index (χ0) is 8.97. The average Bonchev–Trinajstić information content (AvgIpc) is 2.37. The molecule has 1 fully saturated rings. The van der Waals surface area contributed by atoms with E-state index in [0.717, 1.165) is 6.04 Å². The van der Waals surface area contributed by atoms with Crippen LogP contribution in [0, 0.1) is 0 Å². The molecule has 1 aliphatic carbocycles. The highest BCUT2D eigenvalue weighted by Gasteiger charge is 2.16. The van der Waals surface area contributed by atoms with Gasteiger partial charge in [-0.15, -0.1) is 0 Å². The van der Waals surface area contributed by atoms with Crippen LogP contribution in [0.15, 0.2) is 0 Å². The van der Waals surface area contributed by atoms with Gasteiger partial charge in [-0.05, 0) is 33.6 Å². The molecule has 0 radical (unpaired) electrons. The molecule has 0 bridgehead atoms. The molecule has 12 heavy (non-hydrogen) atoms. The summed E-state index contributed by atoms with van der Waals surface area (Å²) in [4.78, 5) is 0. The Morgan fingerprint density at radius 3 is 2.17 bits per heavy atom. The molecule has 0 saturated heterocycles. The van der Waals surface area contributed by atoms with Crippen LogP contribution < -0.4 is 10.6 Å². The van der Waals surface area contributed by atoms with Gasteiger partial charge < -0.3 is 0 Å². The molecule has 0 aliphatic heterocycles. The molecule has 1 aliphatic rings. The Morgan fingerprint density at radius 1 is 1.08 bits per heavy atom. The lowest BCUT2D eigenvalue weighted by Gasteiger charge is -2.22. The number of rotatable bonds is 4. The number of nitrogens with one attached hydrogen (secondary N) is 2. The first-order valence-corrected chi connectivity index (χ1v) is 5.20. The summed E-state index contributed by atoms with van der Waals surface area (Å²) in [6, 6.07) is 1.35. The van der Waals surface area contributed by atoms with Crippen LogP contribution in [0.5, 0.6) is 0 Å². The summed E-state index contributed by atoms with van der Waals surface area (Å²) in [5, 5.41) is 7.06. The van der Waals surface area contributed by atoms with Crippen molar-refractivity contribution in [2.24, 2.45) is 0 Å². The van der Waals surface area contributed by atoms with E-state index in [1.54, 1.807) is 0 Å². The zero-order valence-corrected chi connectivity index (χ0v) is 8.56. The van der Waals surface area contributed by atoms with Gasteiger partial charge in [-0.3, -0.25) is 10.6 Å². The highest BCUT2D eigenvalue weighted by Crippen LogP contribution is 2.17. The average molecular weight is 170 g/mol. The Bertz CT molecular complexity index is 117. The van der Waals surface area contributed by atoms with Crippen LogP contribution in [-0.4, -0.2) is 18.2 Å². The summed E-state index contributed by atoms with van der Waals surface area (Å²) in [6.07, 6.45) is 6.01. The Kier molecular flexibility index (Phi) is 4.02. The van der Waals surface area contributed by atoms with Crippen molar-refractivity contribution in [1.82, 2.24) is 10.6 Å². The summed E-state index contributed by atoms with van der Waals surface area (Å²) in [5.41, 5.74) is 0. The van der Waals surface area contributed by atoms with Crippen LogP contribution >= 0.6 is 0 Å². The molecule has 2 N–H and O–H groups in total. The third kappa shape index (κ3) is 3.55. The monoisotopic (exact) mass is 170 g/mol. The van der Waals surface area contributed by atoms with Gasteiger partial charge in [-0.2, -0.15) is 0 Å². The van der Waals surface area contributed by atoms with E-state index in [1.807, 2.05) is 0 Å². The molecule has 1 atom stereocenters. The normalized spacial score (nSPS) is 22.0. The summed E-state index contributed by atoms with van der Waals surface area (Å²) >= 11 is 0. The summed E-state index contributed by atoms with van der Waals surface area (Å²) in [5.74, 6) is 0. The maximum Gasteiger partial charge on any atom is 0.0546 e. The fourth-order valence-corrected chi connectivity index (χ4v) is 1.99. The standard InChI is InChI=1S/C10H22N2/c1-8(2)11-9(3)12-10-6-4-5-7-10/h8-12H,4-7H2,1-3H3. The van der Waals surface area contributed by atoms with Gasteiger partial charge in [-0.1, -0.05) is 12.8 Å². The number of hydrogen-bond donors (Lipinski definition) is 2. The first-order chi connectivity index (χ1) is 5.68. The molecule has 0 heterocycles. The maximum absolute atomic E-state index is 3.60. The van der Waals surface area contributed by atoms with E-state index in [9.17, 15) is 0 Å². The van der Waals surface area contributed by atoms with Gasteiger partial charge in [0.1, 0.15) is 0 Å². The topological polar surface area (TPSA) is 24.1 Å². The third-order valence-electron chi connectivity index (χ3n) is 2.42. The van der Waals surface area contributed by atoms with Crippen LogP contribution in [0.25, 0.3) is 0 Å². The van der Waals surface area contributed by atoms with E-state index in [1.165, 1.54) is 25.7 Å². The van der Waals surface area contributed by atoms with Crippen molar-refractivity contribution in [2.45, 2.75) is 64.7 Å². The largest absolute Gasteiger partial charge is 0.300 e. The summed E-state index contributed by atoms with van der Waals surface area (Å²) < 4.78 is 0. The van der Waals surface area contributed by atoms with Gasteiger partial charge in [-0.25, -0.2) is 0 Å². The third-order valence-corrected chi connectivity index (χ3v) is 2.42. The second-order valence-corrected chi connectivity index (χ2v) is 4.19. The minimum atomic E-state index is 0.466. The fraction of sp³-hybridized carbons (Fsp3) is 1.00. The molecule has 1 saturated carbocycles. The lowest BCUT2D eigenvalue weighted by Crippen LogP contribution is -2.46. The molecule has 2 nitrogen and oxygen atoms in total. The lowest BCUT2D eigenvalue weighted by molar-refractivity contribution is 0.370. The van der Waals surface area contributed by atoms with E-state index < -0.39 is 0 Å². The molecular weight excluding hydrogens is 148 g/mol. The predicted molar refractivity (Wildman–Crippen MR) is 53.1 cm³/mol. The summed E-state index contributed by atoms with van der Waals surface area (Å²) in [7, 11) is 0. The molecular formula is C10H22N2. The van der Waals surface area contributed by atoms with Crippen LogP contribution in [-0.2, 0) is 0 Å². The van der Waals surface area contributed by atoms with Gasteiger partial charge in [0.15, 0.2) is 0 Å². The molecule has 0 amide bonds. The van der Waals surface area contributed by atoms with Crippen LogP contribution in [0.1, 0.15) is 46.5 Å². The first-order valence-electron chi connectivity index (χ1n) is 5.20. The molecule has 0 aromatic carbocycles. The SMILES string of the molecule is CC(C)NC(C)NC1CCCC1. The van der Waals surface area contributed by atoms with Gasteiger partial charge in [0, 0.05) is 12.1 Å². The van der Waals surface area contributed by atoms with E-state index in [2.05, 4.69) is 31.4 Å². The lowest BCUT2D eigenvalue weighted by atomic mass is 10.2. The minimum Gasteiger partial charge on any atom is -0.300 e. The highest BCUT2D eigenvalue weighted by molar-refractivity contribution is 4.76. The molecule has 0 aromatic heterocycles. The van der Waals surface area contributed by atoms with E-state index >= 15 is 0 Å². The molecule has 1 unspecified atom stereocenters. The van der Waals surface area contributed by atoms with Crippen LogP contribution in [0.4, 0.5) is 0 Å². The first kappa shape index (κ1) is 10.0. The van der Waals surface area contributed by atoms with Gasteiger partial charge in [0.2, 0.25) is 0 Å². The van der Waals surface area contributed by atoms with Gasteiger partial charge in [0.25, 0.3) is 0 Å². The fourth-order valence-electron chi connectivity index (χ4n) is 1.99. The Balaban J connectivity index is 2.11. The van der Waals surface area contributed by atoms with Crippen molar-refractivity contribution in [3.05, 3.63) is 0 Å². The molecule has 0 spiro atoms. The van der Waals surface area contributed by atoms with Gasteiger partial charge in [0.05, 0.1) is 6.17 Å². The van der Waals surface area contributed by atoms with E-state index in [-0.39, 0.29) is 0 Å². The maximum atomic E-state index is 3.60. The molecule has 2 heteroatoms. The van der Waals surface area contributed by atoms with Crippen molar-refractivity contribution < 1.29 is 0 Å². The Labute approximate surface area is 76.1 Å². The quantitative estimate of drug-likeness (QED) is 0.629. The minimum absolute atomic E-state index is 0.466. The second kappa shape index (κ2) is 4.83. The zero-order valence-electron chi connectivity index (χ0n) is 8.56. The summed E-state index contributed by atoms with van der Waals surface area (Å²) in [6.45, 7) is 6.58. The van der Waals surface area contributed by atoms with Crippen molar-refractivity contribution in [1.29, 1.82) is 0 Å². The van der Waals surface area contributed by atoms with Gasteiger partial charge >= 0.3 is 0 Å².